The lowest BCUT2D eigenvalue weighted by atomic mass is 9.94. The summed E-state index contributed by atoms with van der Waals surface area (Å²) in [4.78, 5) is 1.36. The highest BCUT2D eigenvalue weighted by Crippen LogP contribution is 2.32. The van der Waals surface area contributed by atoms with Crippen molar-refractivity contribution in [2.75, 3.05) is 7.05 Å². The number of hydrogen-bond donors (Lipinski definition) is 0. The van der Waals surface area contributed by atoms with Gasteiger partial charge in [0.2, 0.25) is 0 Å². The Morgan fingerprint density at radius 2 is 2.14 bits per heavy atom. The molecule has 0 heterocycles. The van der Waals surface area contributed by atoms with Crippen LogP contribution in [0.25, 0.3) is 0 Å². The van der Waals surface area contributed by atoms with E-state index in [0.717, 1.165) is 6.04 Å². The molecule has 1 saturated carbocycles. The Hall–Kier alpha value is -0.470. The first kappa shape index (κ1) is 10.1. The van der Waals surface area contributed by atoms with Gasteiger partial charge in [0, 0.05) is 10.9 Å². The molecule has 1 aromatic carbocycles. The van der Waals surface area contributed by atoms with Gasteiger partial charge < -0.3 is 0 Å². The molecule has 0 saturated heterocycles. The average molecular weight is 207 g/mol. The lowest BCUT2D eigenvalue weighted by molar-refractivity contribution is 0.267. The minimum Gasteiger partial charge on any atom is -0.246 e. The van der Waals surface area contributed by atoms with E-state index >= 15 is 0 Å². The Balaban J connectivity index is 1.95. The fourth-order valence-corrected chi connectivity index (χ4v) is 2.73. The number of rotatable bonds is 3. The van der Waals surface area contributed by atoms with Gasteiger partial charge in [-0.2, -0.15) is 0 Å². The summed E-state index contributed by atoms with van der Waals surface area (Å²) in [6.07, 6.45) is 4.15. The third-order valence-electron chi connectivity index (χ3n) is 2.83. The Morgan fingerprint density at radius 3 is 2.71 bits per heavy atom. The predicted octanol–water partition coefficient (Wildman–Crippen LogP) is 3.49. The van der Waals surface area contributed by atoms with Gasteiger partial charge in [-0.15, -0.1) is 0 Å². The summed E-state index contributed by atoms with van der Waals surface area (Å²) < 4.78 is 2.40. The molecule has 0 atom stereocenters. The molecule has 0 aliphatic heterocycles. The van der Waals surface area contributed by atoms with E-state index in [2.05, 4.69) is 42.5 Å². The molecule has 0 aromatic heterocycles. The van der Waals surface area contributed by atoms with Crippen LogP contribution in [0.15, 0.2) is 29.2 Å². The zero-order valence-electron chi connectivity index (χ0n) is 8.86. The third-order valence-corrected chi connectivity index (χ3v) is 3.88. The zero-order chi connectivity index (χ0) is 9.97. The van der Waals surface area contributed by atoms with Crippen LogP contribution in [0.4, 0.5) is 0 Å². The van der Waals surface area contributed by atoms with E-state index in [1.54, 1.807) is 0 Å². The van der Waals surface area contributed by atoms with E-state index in [4.69, 9.17) is 0 Å². The second-order valence-electron chi connectivity index (χ2n) is 4.04. The number of benzene rings is 1. The van der Waals surface area contributed by atoms with Gasteiger partial charge in [-0.1, -0.05) is 18.6 Å². The molecular weight excluding hydrogens is 190 g/mol. The van der Waals surface area contributed by atoms with Crippen molar-refractivity contribution in [1.29, 1.82) is 0 Å². The quantitative estimate of drug-likeness (QED) is 0.698. The molecule has 14 heavy (non-hydrogen) atoms. The first-order valence-corrected chi connectivity index (χ1v) is 6.00. The number of hydrogen-bond acceptors (Lipinski definition) is 2. The number of nitrogens with zero attached hydrogens (tertiary/aromatic N) is 1. The summed E-state index contributed by atoms with van der Waals surface area (Å²) in [5.74, 6) is 0. The fourth-order valence-electron chi connectivity index (χ4n) is 1.66. The summed E-state index contributed by atoms with van der Waals surface area (Å²) in [6, 6.07) is 9.52. The van der Waals surface area contributed by atoms with E-state index in [-0.39, 0.29) is 0 Å². The fraction of sp³-hybridized carbons (Fsp3) is 0.500. The zero-order valence-corrected chi connectivity index (χ0v) is 9.68. The molecule has 2 rings (SSSR count). The van der Waals surface area contributed by atoms with Gasteiger partial charge in [0.15, 0.2) is 0 Å². The van der Waals surface area contributed by atoms with Crippen LogP contribution >= 0.6 is 11.9 Å². The first-order chi connectivity index (χ1) is 6.75. The van der Waals surface area contributed by atoms with E-state index in [1.165, 1.54) is 29.7 Å². The first-order valence-electron chi connectivity index (χ1n) is 5.23. The molecule has 1 aliphatic carbocycles. The molecule has 1 aromatic rings. The summed E-state index contributed by atoms with van der Waals surface area (Å²) in [6.45, 7) is 2.15. The molecule has 2 heteroatoms. The van der Waals surface area contributed by atoms with Crippen molar-refractivity contribution in [1.82, 2.24) is 4.31 Å². The van der Waals surface area contributed by atoms with Gasteiger partial charge in [0.1, 0.15) is 0 Å². The minimum atomic E-state index is 0.806. The molecule has 1 fully saturated rings. The Morgan fingerprint density at radius 1 is 1.36 bits per heavy atom. The highest BCUT2D eigenvalue weighted by molar-refractivity contribution is 7.97. The van der Waals surface area contributed by atoms with Crippen LogP contribution in [0.5, 0.6) is 0 Å². The monoisotopic (exact) mass is 207 g/mol. The Labute approximate surface area is 90.6 Å². The summed E-state index contributed by atoms with van der Waals surface area (Å²) in [5, 5.41) is 0. The molecule has 76 valence electrons. The van der Waals surface area contributed by atoms with E-state index < -0.39 is 0 Å². The molecule has 0 unspecified atom stereocenters. The van der Waals surface area contributed by atoms with Crippen molar-refractivity contribution in [3.8, 4) is 0 Å². The predicted molar refractivity (Wildman–Crippen MR) is 62.4 cm³/mol. The topological polar surface area (TPSA) is 3.24 Å². The van der Waals surface area contributed by atoms with Crippen LogP contribution in [-0.2, 0) is 0 Å². The maximum absolute atomic E-state index is 2.40. The van der Waals surface area contributed by atoms with E-state index in [0.29, 0.717) is 0 Å². The van der Waals surface area contributed by atoms with Gasteiger partial charge in [-0.3, -0.25) is 0 Å². The molecular formula is C12H17NS. The van der Waals surface area contributed by atoms with Gasteiger partial charge >= 0.3 is 0 Å². The molecule has 0 amide bonds. The molecule has 1 aliphatic rings. The van der Waals surface area contributed by atoms with Crippen molar-refractivity contribution < 1.29 is 0 Å². The maximum atomic E-state index is 2.40. The van der Waals surface area contributed by atoms with Crippen molar-refractivity contribution in [3.05, 3.63) is 29.8 Å². The summed E-state index contributed by atoms with van der Waals surface area (Å²) in [5.41, 5.74) is 1.34. The Kier molecular flexibility index (Phi) is 3.14. The Bertz CT molecular complexity index is 307. The van der Waals surface area contributed by atoms with Crippen molar-refractivity contribution >= 4 is 11.9 Å². The van der Waals surface area contributed by atoms with Crippen molar-refractivity contribution in [2.45, 2.75) is 37.1 Å². The van der Waals surface area contributed by atoms with Crippen LogP contribution in [0.2, 0.25) is 0 Å². The molecule has 1 nitrogen and oxygen atoms in total. The molecule has 0 N–H and O–H groups in total. The molecule has 0 bridgehead atoms. The lowest BCUT2D eigenvalue weighted by Gasteiger charge is -2.33. The largest absolute Gasteiger partial charge is 0.246 e. The minimum absolute atomic E-state index is 0.806. The standard InChI is InChI=1S/C12H17NS/c1-10-5-3-8-12(9-10)14-13(2)11-6-4-7-11/h3,5,8-9,11H,4,6-7H2,1-2H3. The molecule has 0 spiro atoms. The van der Waals surface area contributed by atoms with Crippen molar-refractivity contribution in [2.24, 2.45) is 0 Å². The average Bonchev–Trinajstić information content (AvgIpc) is 1.99. The van der Waals surface area contributed by atoms with Crippen LogP contribution < -0.4 is 0 Å². The van der Waals surface area contributed by atoms with E-state index in [9.17, 15) is 0 Å². The third kappa shape index (κ3) is 2.31. The van der Waals surface area contributed by atoms with Gasteiger partial charge in [0.25, 0.3) is 0 Å². The SMILES string of the molecule is Cc1cccc(SN(C)C2CCC2)c1. The second kappa shape index (κ2) is 4.37. The van der Waals surface area contributed by atoms with Crippen LogP contribution in [0, 0.1) is 6.92 Å². The van der Waals surface area contributed by atoms with Crippen LogP contribution in [0.1, 0.15) is 24.8 Å². The summed E-state index contributed by atoms with van der Waals surface area (Å²) in [7, 11) is 2.21. The van der Waals surface area contributed by atoms with Gasteiger partial charge in [0.05, 0.1) is 0 Å². The van der Waals surface area contributed by atoms with Crippen LogP contribution in [0.3, 0.4) is 0 Å². The smallest absolute Gasteiger partial charge is 0.0232 e. The highest BCUT2D eigenvalue weighted by Gasteiger charge is 2.22. The second-order valence-corrected chi connectivity index (χ2v) is 5.27. The van der Waals surface area contributed by atoms with Crippen LogP contribution in [-0.4, -0.2) is 17.4 Å². The van der Waals surface area contributed by atoms with Crippen molar-refractivity contribution in [3.63, 3.8) is 0 Å². The highest BCUT2D eigenvalue weighted by atomic mass is 32.2. The summed E-state index contributed by atoms with van der Waals surface area (Å²) >= 11 is 1.87. The normalized spacial score (nSPS) is 17.1. The molecule has 0 radical (unpaired) electrons. The van der Waals surface area contributed by atoms with Gasteiger partial charge in [-0.05, 0) is 56.5 Å². The maximum Gasteiger partial charge on any atom is 0.0232 e. The lowest BCUT2D eigenvalue weighted by Crippen LogP contribution is -2.32. The van der Waals surface area contributed by atoms with Gasteiger partial charge in [-0.25, -0.2) is 4.31 Å². The number of aryl methyl sites for hydroxylation is 1. The van der Waals surface area contributed by atoms with E-state index in [1.807, 2.05) is 11.9 Å².